The molecular formula is C18H13N3S. The van der Waals surface area contributed by atoms with Gasteiger partial charge < -0.3 is 0 Å². The largest absolute Gasteiger partial charge is 0.266 e. The van der Waals surface area contributed by atoms with Gasteiger partial charge in [0.15, 0.2) is 5.82 Å². The lowest BCUT2D eigenvalue weighted by Gasteiger charge is -2.09. The lowest BCUT2D eigenvalue weighted by molar-refractivity contribution is 0.882. The van der Waals surface area contributed by atoms with Crippen LogP contribution >= 0.6 is 12.2 Å². The molecule has 3 nitrogen and oxygen atoms in total. The first-order chi connectivity index (χ1) is 10.8. The molecule has 1 heterocycles. The van der Waals surface area contributed by atoms with E-state index in [1.54, 1.807) is 0 Å². The summed E-state index contributed by atoms with van der Waals surface area (Å²) in [7, 11) is 0. The molecule has 0 unspecified atom stereocenters. The standard InChI is InChI=1S/C18H13N3S/c22-18-19-17(21(20-18)14-9-2-1-3-10-14)16-12-6-8-13-7-4-5-11-15(13)16/h1-12H,(H,20,22). The van der Waals surface area contributed by atoms with Crippen LogP contribution in [0.1, 0.15) is 0 Å². The second-order valence-corrected chi connectivity index (χ2v) is 5.44. The van der Waals surface area contributed by atoms with Gasteiger partial charge in [-0.2, -0.15) is 4.98 Å². The highest BCUT2D eigenvalue weighted by atomic mass is 32.1. The van der Waals surface area contributed by atoms with Gasteiger partial charge in [0.25, 0.3) is 0 Å². The maximum Gasteiger partial charge on any atom is 0.214 e. The molecule has 0 spiro atoms. The van der Waals surface area contributed by atoms with Crippen molar-refractivity contribution in [3.05, 3.63) is 77.6 Å². The number of fused-ring (bicyclic) bond motifs is 1. The first kappa shape index (κ1) is 13.0. The first-order valence-corrected chi connectivity index (χ1v) is 7.46. The van der Waals surface area contributed by atoms with Gasteiger partial charge in [-0.3, -0.25) is 5.10 Å². The third-order valence-corrected chi connectivity index (χ3v) is 3.85. The van der Waals surface area contributed by atoms with Crippen LogP contribution in [0.15, 0.2) is 72.8 Å². The van der Waals surface area contributed by atoms with E-state index in [1.807, 2.05) is 53.2 Å². The van der Waals surface area contributed by atoms with Crippen molar-refractivity contribution in [3.63, 3.8) is 0 Å². The lowest BCUT2D eigenvalue weighted by Crippen LogP contribution is -1.99. The van der Waals surface area contributed by atoms with Gasteiger partial charge in [-0.1, -0.05) is 60.7 Å². The molecule has 4 heteroatoms. The second-order valence-electron chi connectivity index (χ2n) is 5.05. The first-order valence-electron chi connectivity index (χ1n) is 7.05. The lowest BCUT2D eigenvalue weighted by atomic mass is 10.0. The third-order valence-electron chi connectivity index (χ3n) is 3.67. The molecule has 0 bridgehead atoms. The minimum absolute atomic E-state index is 0.479. The van der Waals surface area contributed by atoms with Gasteiger partial charge in [0.1, 0.15) is 0 Å². The van der Waals surface area contributed by atoms with Crippen LogP contribution in [0, 0.1) is 4.77 Å². The number of hydrogen-bond donors (Lipinski definition) is 1. The van der Waals surface area contributed by atoms with Crippen molar-refractivity contribution < 1.29 is 0 Å². The van der Waals surface area contributed by atoms with Crippen LogP contribution in [0.5, 0.6) is 0 Å². The van der Waals surface area contributed by atoms with Crippen molar-refractivity contribution in [1.82, 2.24) is 14.8 Å². The van der Waals surface area contributed by atoms with E-state index >= 15 is 0 Å². The molecular weight excluding hydrogens is 290 g/mol. The smallest absolute Gasteiger partial charge is 0.214 e. The highest BCUT2D eigenvalue weighted by Gasteiger charge is 2.12. The fourth-order valence-electron chi connectivity index (χ4n) is 2.68. The van der Waals surface area contributed by atoms with Crippen LogP contribution in [0.2, 0.25) is 0 Å². The second kappa shape index (κ2) is 5.24. The molecule has 0 aliphatic carbocycles. The van der Waals surface area contributed by atoms with Crippen molar-refractivity contribution >= 4 is 23.0 Å². The number of aromatic amines is 1. The Kier molecular flexibility index (Phi) is 3.09. The van der Waals surface area contributed by atoms with E-state index in [0.29, 0.717) is 4.77 Å². The Balaban J connectivity index is 2.02. The van der Waals surface area contributed by atoms with Gasteiger partial charge in [-0.25, -0.2) is 4.68 Å². The molecule has 0 saturated carbocycles. The molecule has 4 aromatic rings. The van der Waals surface area contributed by atoms with E-state index < -0.39 is 0 Å². The van der Waals surface area contributed by atoms with E-state index in [9.17, 15) is 0 Å². The van der Waals surface area contributed by atoms with Gasteiger partial charge in [0.2, 0.25) is 4.77 Å². The van der Waals surface area contributed by atoms with E-state index in [2.05, 4.69) is 34.3 Å². The number of nitrogens with one attached hydrogen (secondary N) is 1. The van der Waals surface area contributed by atoms with Gasteiger partial charge in [-0.15, -0.1) is 0 Å². The number of H-pyrrole nitrogens is 1. The molecule has 0 radical (unpaired) electrons. The van der Waals surface area contributed by atoms with Crippen molar-refractivity contribution in [2.75, 3.05) is 0 Å². The summed E-state index contributed by atoms with van der Waals surface area (Å²) in [5.74, 6) is 0.827. The molecule has 0 atom stereocenters. The number of rotatable bonds is 2. The fraction of sp³-hybridized carbons (Fsp3) is 0. The predicted molar refractivity (Wildman–Crippen MR) is 91.7 cm³/mol. The summed E-state index contributed by atoms with van der Waals surface area (Å²) in [5.41, 5.74) is 2.07. The zero-order valence-electron chi connectivity index (χ0n) is 11.7. The Morgan fingerprint density at radius 2 is 1.55 bits per heavy atom. The van der Waals surface area contributed by atoms with Crippen molar-refractivity contribution in [2.24, 2.45) is 0 Å². The zero-order chi connectivity index (χ0) is 14.9. The molecule has 22 heavy (non-hydrogen) atoms. The maximum absolute atomic E-state index is 5.26. The number of hydrogen-bond acceptors (Lipinski definition) is 2. The number of para-hydroxylation sites is 1. The molecule has 0 aliphatic rings. The summed E-state index contributed by atoms with van der Waals surface area (Å²) >= 11 is 5.26. The normalized spacial score (nSPS) is 10.9. The van der Waals surface area contributed by atoms with Crippen molar-refractivity contribution in [2.45, 2.75) is 0 Å². The van der Waals surface area contributed by atoms with E-state index in [4.69, 9.17) is 12.2 Å². The molecule has 0 saturated heterocycles. The minimum Gasteiger partial charge on any atom is -0.266 e. The topological polar surface area (TPSA) is 33.6 Å². The van der Waals surface area contributed by atoms with Crippen LogP contribution in [0.25, 0.3) is 27.8 Å². The average molecular weight is 303 g/mol. The zero-order valence-corrected chi connectivity index (χ0v) is 12.5. The maximum atomic E-state index is 5.26. The van der Waals surface area contributed by atoms with Gasteiger partial charge in [0, 0.05) is 5.56 Å². The van der Waals surface area contributed by atoms with Gasteiger partial charge >= 0.3 is 0 Å². The van der Waals surface area contributed by atoms with Crippen molar-refractivity contribution in [1.29, 1.82) is 0 Å². The van der Waals surface area contributed by atoms with Crippen LogP contribution in [-0.4, -0.2) is 14.8 Å². The minimum atomic E-state index is 0.479. The van der Waals surface area contributed by atoms with Crippen LogP contribution in [0.4, 0.5) is 0 Å². The molecule has 0 amide bonds. The molecule has 106 valence electrons. The van der Waals surface area contributed by atoms with E-state index in [-0.39, 0.29) is 0 Å². The van der Waals surface area contributed by atoms with E-state index in [1.165, 1.54) is 5.39 Å². The highest BCUT2D eigenvalue weighted by Crippen LogP contribution is 2.28. The fourth-order valence-corrected chi connectivity index (χ4v) is 2.86. The number of nitrogens with zero attached hydrogens (tertiary/aromatic N) is 2. The average Bonchev–Trinajstić information content (AvgIpc) is 2.97. The Bertz CT molecular complexity index is 994. The van der Waals surface area contributed by atoms with Gasteiger partial charge in [0.05, 0.1) is 5.69 Å². The number of benzene rings is 3. The van der Waals surface area contributed by atoms with Crippen LogP contribution < -0.4 is 0 Å². The molecule has 1 aromatic heterocycles. The third kappa shape index (κ3) is 2.14. The molecule has 3 aromatic carbocycles. The number of aromatic nitrogens is 3. The Hall–Kier alpha value is -2.72. The summed E-state index contributed by atoms with van der Waals surface area (Å²) in [6.07, 6.45) is 0. The Morgan fingerprint density at radius 1 is 0.818 bits per heavy atom. The van der Waals surface area contributed by atoms with Crippen LogP contribution in [-0.2, 0) is 0 Å². The molecule has 0 fully saturated rings. The van der Waals surface area contributed by atoms with Crippen LogP contribution in [0.3, 0.4) is 0 Å². The van der Waals surface area contributed by atoms with Crippen molar-refractivity contribution in [3.8, 4) is 17.1 Å². The SMILES string of the molecule is S=c1nc(-c2cccc3ccccc23)n(-c2ccccc2)[nH]1. The summed E-state index contributed by atoms with van der Waals surface area (Å²) in [6, 6.07) is 24.6. The molecule has 1 N–H and O–H groups in total. The quantitative estimate of drug-likeness (QED) is 0.542. The molecule has 0 aliphatic heterocycles. The summed E-state index contributed by atoms with van der Waals surface area (Å²) in [4.78, 5) is 4.53. The van der Waals surface area contributed by atoms with E-state index in [0.717, 1.165) is 22.5 Å². The summed E-state index contributed by atoms with van der Waals surface area (Å²) < 4.78 is 2.41. The Morgan fingerprint density at radius 3 is 2.41 bits per heavy atom. The summed E-state index contributed by atoms with van der Waals surface area (Å²) in [5, 5.41) is 5.50. The van der Waals surface area contributed by atoms with Gasteiger partial charge in [-0.05, 0) is 35.1 Å². The Labute approximate surface area is 132 Å². The monoisotopic (exact) mass is 303 g/mol. The summed E-state index contributed by atoms with van der Waals surface area (Å²) in [6.45, 7) is 0. The molecule has 4 rings (SSSR count). The highest BCUT2D eigenvalue weighted by molar-refractivity contribution is 7.71. The predicted octanol–water partition coefficient (Wildman–Crippen LogP) is 4.75.